The van der Waals surface area contributed by atoms with Crippen molar-refractivity contribution in [3.05, 3.63) is 75.7 Å². The van der Waals surface area contributed by atoms with Crippen LogP contribution in [-0.2, 0) is 0 Å². The molecule has 2 N–H and O–H groups in total. The number of nitriles is 1. The highest BCUT2D eigenvalue weighted by atomic mass is 35.5. The number of benzene rings is 2. The van der Waals surface area contributed by atoms with E-state index in [0.717, 1.165) is 0 Å². The fourth-order valence-corrected chi connectivity index (χ4v) is 4.21. The topological polar surface area (TPSA) is 91.5 Å². The quantitative estimate of drug-likeness (QED) is 0.245. The van der Waals surface area contributed by atoms with E-state index in [0.29, 0.717) is 50.0 Å². The lowest BCUT2D eigenvalue weighted by Gasteiger charge is -2.22. The van der Waals surface area contributed by atoms with Crippen LogP contribution in [0.4, 0.5) is 15.8 Å². The van der Waals surface area contributed by atoms with Gasteiger partial charge in [0, 0.05) is 28.8 Å². The number of rotatable bonds is 8. The van der Waals surface area contributed by atoms with Crippen LogP contribution in [0, 0.1) is 16.7 Å². The Morgan fingerprint density at radius 2 is 1.97 bits per heavy atom. The SMILES string of the molecule is [2H]C(Nc1cc(Cl)c2ncc(C#N)c(NCC(C)(C)C)c2c1)(c1cn(C(C)CF)nn1)c1ccccc1Cl. The van der Waals surface area contributed by atoms with Crippen molar-refractivity contribution in [3.8, 4) is 6.07 Å². The molecule has 4 rings (SSSR count). The maximum absolute atomic E-state index is 13.3. The van der Waals surface area contributed by atoms with Crippen LogP contribution in [0.25, 0.3) is 10.9 Å². The molecule has 0 bridgehead atoms. The number of hydrogen-bond donors (Lipinski definition) is 2. The molecule has 2 atom stereocenters. The molecule has 2 unspecified atom stereocenters. The third-order valence-corrected chi connectivity index (χ3v) is 6.31. The van der Waals surface area contributed by atoms with Crippen LogP contribution in [0.3, 0.4) is 0 Å². The van der Waals surface area contributed by atoms with Gasteiger partial charge in [-0.3, -0.25) is 4.98 Å². The molecule has 7 nitrogen and oxygen atoms in total. The summed E-state index contributed by atoms with van der Waals surface area (Å²) in [5.41, 5.74) is 2.57. The lowest BCUT2D eigenvalue weighted by molar-refractivity contribution is 0.351. The van der Waals surface area contributed by atoms with Gasteiger partial charge in [0.05, 0.1) is 41.4 Å². The number of hydrogen-bond acceptors (Lipinski definition) is 6. The highest BCUT2D eigenvalue weighted by Crippen LogP contribution is 2.37. The molecule has 2 aromatic carbocycles. The predicted molar refractivity (Wildman–Crippen MR) is 147 cm³/mol. The van der Waals surface area contributed by atoms with Gasteiger partial charge < -0.3 is 10.6 Å². The summed E-state index contributed by atoms with van der Waals surface area (Å²) in [7, 11) is 0. The Morgan fingerprint density at radius 3 is 2.65 bits per heavy atom. The van der Waals surface area contributed by atoms with Gasteiger partial charge in [0.25, 0.3) is 0 Å². The number of nitrogens with zero attached hydrogens (tertiary/aromatic N) is 5. The van der Waals surface area contributed by atoms with Crippen molar-refractivity contribution >= 4 is 45.5 Å². The monoisotopic (exact) mass is 540 g/mol. The van der Waals surface area contributed by atoms with Gasteiger partial charge in [-0.2, -0.15) is 5.26 Å². The summed E-state index contributed by atoms with van der Waals surface area (Å²) in [6.07, 6.45) is 3.02. The largest absolute Gasteiger partial charge is 0.383 e. The van der Waals surface area contributed by atoms with E-state index in [-0.39, 0.29) is 11.1 Å². The minimum absolute atomic E-state index is 0.0507. The van der Waals surface area contributed by atoms with Crippen molar-refractivity contribution in [1.82, 2.24) is 20.0 Å². The molecular weight excluding hydrogens is 512 g/mol. The lowest BCUT2D eigenvalue weighted by atomic mass is 9.96. The summed E-state index contributed by atoms with van der Waals surface area (Å²) in [6.45, 7) is 7.90. The van der Waals surface area contributed by atoms with Crippen LogP contribution in [0.15, 0.2) is 48.8 Å². The van der Waals surface area contributed by atoms with Crippen molar-refractivity contribution in [1.29, 1.82) is 5.26 Å². The van der Waals surface area contributed by atoms with Gasteiger partial charge in [-0.25, -0.2) is 9.07 Å². The molecule has 0 aliphatic carbocycles. The first-order chi connectivity index (χ1) is 18.0. The van der Waals surface area contributed by atoms with E-state index in [1.807, 2.05) is 0 Å². The molecule has 0 aliphatic heterocycles. The first-order valence-corrected chi connectivity index (χ1v) is 12.5. The first-order valence-electron chi connectivity index (χ1n) is 12.2. The molecule has 37 heavy (non-hydrogen) atoms. The Labute approximate surface area is 227 Å². The Bertz CT molecular complexity index is 1510. The number of aromatic nitrogens is 4. The van der Waals surface area contributed by atoms with Gasteiger partial charge in [-0.1, -0.05) is 67.4 Å². The normalized spacial score (nSPS) is 14.5. The Kier molecular flexibility index (Phi) is 7.45. The molecular formula is C27H28Cl2FN7. The van der Waals surface area contributed by atoms with Crippen LogP contribution in [0.5, 0.6) is 0 Å². The van der Waals surface area contributed by atoms with E-state index in [2.05, 4.69) is 52.8 Å². The second kappa shape index (κ2) is 10.9. The third-order valence-electron chi connectivity index (χ3n) is 5.69. The van der Waals surface area contributed by atoms with Crippen LogP contribution in [-0.4, -0.2) is 33.2 Å². The molecule has 0 saturated heterocycles. The van der Waals surface area contributed by atoms with Crippen molar-refractivity contribution < 1.29 is 5.76 Å². The fraction of sp³-hybridized carbons (Fsp3) is 0.333. The number of halogens is 3. The van der Waals surface area contributed by atoms with Crippen molar-refractivity contribution in [2.45, 2.75) is 39.8 Å². The van der Waals surface area contributed by atoms with Gasteiger partial charge in [0.1, 0.15) is 18.4 Å². The van der Waals surface area contributed by atoms with E-state index >= 15 is 0 Å². The van der Waals surface area contributed by atoms with Gasteiger partial charge >= 0.3 is 0 Å². The number of pyridine rings is 1. The minimum Gasteiger partial charge on any atom is -0.383 e. The molecule has 10 heteroatoms. The van der Waals surface area contributed by atoms with Gasteiger partial charge in [-0.05, 0) is 36.1 Å². The summed E-state index contributed by atoms with van der Waals surface area (Å²) < 4.78 is 24.2. The maximum atomic E-state index is 13.3. The second-order valence-corrected chi connectivity index (χ2v) is 10.8. The molecule has 2 heterocycles. The zero-order chi connectivity index (χ0) is 27.7. The molecule has 0 fully saturated rings. The summed E-state index contributed by atoms with van der Waals surface area (Å²) in [6, 6.07) is 10.3. The smallest absolute Gasteiger partial charge is 0.112 e. The second-order valence-electron chi connectivity index (χ2n) is 9.99. The number of fused-ring (bicyclic) bond motifs is 1. The molecule has 192 valence electrons. The van der Waals surface area contributed by atoms with E-state index in [4.69, 9.17) is 23.2 Å². The number of nitrogens with one attached hydrogen (secondary N) is 2. The van der Waals surface area contributed by atoms with Crippen molar-refractivity contribution in [3.63, 3.8) is 0 Å². The molecule has 0 radical (unpaired) electrons. The summed E-state index contributed by atoms with van der Waals surface area (Å²) in [5.74, 6) is 0. The average Bonchev–Trinajstić information content (AvgIpc) is 3.37. The van der Waals surface area contributed by atoms with E-state index in [1.165, 1.54) is 17.1 Å². The molecule has 2 aromatic heterocycles. The minimum atomic E-state index is -1.71. The third kappa shape index (κ3) is 5.95. The Morgan fingerprint density at radius 1 is 1.22 bits per heavy atom. The lowest BCUT2D eigenvalue weighted by Crippen LogP contribution is -2.20. The standard InChI is InChI=1S/C27H28Cl2FN7/c1-16(11-30)37-14-23(35-36-37)26(19-7-5-6-8-21(19)28)34-18-9-20-24(33-15-27(2,3)4)17(12-31)13-32-25(20)22(29)10-18/h5-10,13-14,16,26,34H,11,15H2,1-4H3,(H,32,33)/i26D. The van der Waals surface area contributed by atoms with Crippen molar-refractivity contribution in [2.24, 2.45) is 5.41 Å². The summed E-state index contributed by atoms with van der Waals surface area (Å²) >= 11 is 13.2. The highest BCUT2D eigenvalue weighted by Gasteiger charge is 2.23. The number of anilines is 2. The zero-order valence-electron chi connectivity index (χ0n) is 22.0. The van der Waals surface area contributed by atoms with E-state index < -0.39 is 18.7 Å². The van der Waals surface area contributed by atoms with Crippen LogP contribution in [0.1, 0.15) is 57.9 Å². The average molecular weight is 541 g/mol. The van der Waals surface area contributed by atoms with E-state index in [1.54, 1.807) is 43.3 Å². The van der Waals surface area contributed by atoms with Gasteiger partial charge in [-0.15, -0.1) is 5.10 Å². The predicted octanol–water partition coefficient (Wildman–Crippen LogP) is 7.19. The Hall–Kier alpha value is -3.41. The molecule has 0 spiro atoms. The molecule has 0 aliphatic rings. The van der Waals surface area contributed by atoms with Crippen LogP contribution in [0.2, 0.25) is 10.0 Å². The molecule has 0 amide bonds. The van der Waals surface area contributed by atoms with E-state index in [9.17, 15) is 11.0 Å². The van der Waals surface area contributed by atoms with Gasteiger partial charge in [0.15, 0.2) is 0 Å². The highest BCUT2D eigenvalue weighted by molar-refractivity contribution is 6.36. The van der Waals surface area contributed by atoms with Gasteiger partial charge in [0.2, 0.25) is 0 Å². The maximum Gasteiger partial charge on any atom is 0.112 e. The molecule has 0 saturated carbocycles. The zero-order valence-corrected chi connectivity index (χ0v) is 22.5. The summed E-state index contributed by atoms with van der Waals surface area (Å²) in [5, 5.41) is 25.9. The number of alkyl halides is 1. The van der Waals surface area contributed by atoms with Crippen LogP contribution < -0.4 is 10.6 Å². The Balaban J connectivity index is 1.88. The summed E-state index contributed by atoms with van der Waals surface area (Å²) in [4.78, 5) is 4.41. The van der Waals surface area contributed by atoms with Crippen molar-refractivity contribution in [2.75, 3.05) is 23.9 Å². The first kappa shape index (κ1) is 25.2. The fourth-order valence-electron chi connectivity index (χ4n) is 3.72. The van der Waals surface area contributed by atoms with Crippen LogP contribution >= 0.6 is 23.2 Å². The molecule has 4 aromatic rings.